The summed E-state index contributed by atoms with van der Waals surface area (Å²) < 4.78 is 13.9. The molecular formula is C19H14Br2N4O3. The van der Waals surface area contributed by atoms with Crippen molar-refractivity contribution in [3.63, 3.8) is 0 Å². The van der Waals surface area contributed by atoms with Crippen LogP contribution in [0.4, 0.5) is 0 Å². The van der Waals surface area contributed by atoms with Crippen molar-refractivity contribution in [1.29, 1.82) is 0 Å². The number of fused-ring (bicyclic) bond motifs is 1. The smallest absolute Gasteiger partial charge is 0.293 e. The van der Waals surface area contributed by atoms with Crippen LogP contribution in [-0.4, -0.2) is 28.7 Å². The molecule has 0 bridgehead atoms. The number of carbonyl (C=O) groups excluding carboxylic acids is 1. The third-order valence-corrected chi connectivity index (χ3v) is 5.08. The van der Waals surface area contributed by atoms with Crippen molar-refractivity contribution in [3.05, 3.63) is 74.4 Å². The lowest BCUT2D eigenvalue weighted by atomic mass is 10.2. The third-order valence-electron chi connectivity index (χ3n) is 3.97. The van der Waals surface area contributed by atoms with E-state index < -0.39 is 5.91 Å². The molecule has 0 spiro atoms. The van der Waals surface area contributed by atoms with E-state index in [0.29, 0.717) is 22.5 Å². The summed E-state index contributed by atoms with van der Waals surface area (Å²) in [6.07, 6.45) is 3.30. The number of halogens is 2. The summed E-state index contributed by atoms with van der Waals surface area (Å²) in [6.45, 7) is 0.767. The number of carbonyl (C=O) groups is 1. The first-order chi connectivity index (χ1) is 13.6. The number of amides is 1. The highest BCUT2D eigenvalue weighted by atomic mass is 79.9. The van der Waals surface area contributed by atoms with E-state index in [1.165, 1.54) is 6.21 Å². The monoisotopic (exact) mass is 504 g/mol. The van der Waals surface area contributed by atoms with Gasteiger partial charge in [-0.1, -0.05) is 28.1 Å². The van der Waals surface area contributed by atoms with Crippen molar-refractivity contribution >= 4 is 44.0 Å². The average molecular weight is 506 g/mol. The van der Waals surface area contributed by atoms with Crippen LogP contribution in [0.1, 0.15) is 21.6 Å². The normalized spacial score (nSPS) is 12.5. The maximum atomic E-state index is 12.4. The number of aromatic nitrogens is 2. The molecule has 0 unspecified atom stereocenters. The fraction of sp³-hybridized carbons (Fsp3) is 0.105. The van der Waals surface area contributed by atoms with Crippen LogP contribution in [0.15, 0.2) is 62.7 Å². The van der Waals surface area contributed by atoms with Gasteiger partial charge in [0.1, 0.15) is 0 Å². The number of nitrogens with one attached hydrogen (secondary N) is 1. The molecule has 1 aliphatic rings. The van der Waals surface area contributed by atoms with Gasteiger partial charge in [-0.3, -0.25) is 9.48 Å². The Kier molecular flexibility index (Phi) is 5.45. The van der Waals surface area contributed by atoms with E-state index in [4.69, 9.17) is 9.47 Å². The van der Waals surface area contributed by atoms with Crippen LogP contribution in [0.25, 0.3) is 0 Å². The summed E-state index contributed by atoms with van der Waals surface area (Å²) in [5, 5.41) is 8.33. The maximum Gasteiger partial charge on any atom is 0.293 e. The molecule has 0 fully saturated rings. The zero-order valence-corrected chi connectivity index (χ0v) is 17.6. The summed E-state index contributed by atoms with van der Waals surface area (Å²) in [7, 11) is 0. The Balaban J connectivity index is 1.40. The number of hydrogen-bond acceptors (Lipinski definition) is 5. The van der Waals surface area contributed by atoms with Gasteiger partial charge in [0.2, 0.25) is 6.79 Å². The Morgan fingerprint density at radius 2 is 1.96 bits per heavy atom. The first-order valence-corrected chi connectivity index (χ1v) is 9.87. The van der Waals surface area contributed by atoms with Gasteiger partial charge in [0.05, 0.1) is 17.2 Å². The highest BCUT2D eigenvalue weighted by Gasteiger charge is 2.15. The minimum Gasteiger partial charge on any atom is -0.454 e. The average Bonchev–Trinajstić information content (AvgIpc) is 3.29. The summed E-state index contributed by atoms with van der Waals surface area (Å²) in [6, 6.07) is 13.3. The van der Waals surface area contributed by atoms with Crippen molar-refractivity contribution in [2.45, 2.75) is 6.54 Å². The molecule has 0 aliphatic carbocycles. The van der Waals surface area contributed by atoms with E-state index >= 15 is 0 Å². The van der Waals surface area contributed by atoms with Gasteiger partial charge in [0, 0.05) is 10.7 Å². The molecule has 1 aromatic heterocycles. The molecule has 2 heterocycles. The molecule has 0 saturated carbocycles. The van der Waals surface area contributed by atoms with E-state index in [0.717, 1.165) is 15.6 Å². The first-order valence-electron chi connectivity index (χ1n) is 8.29. The quantitative estimate of drug-likeness (QED) is 0.420. The van der Waals surface area contributed by atoms with Gasteiger partial charge in [-0.2, -0.15) is 10.2 Å². The van der Waals surface area contributed by atoms with Crippen LogP contribution in [0.3, 0.4) is 0 Å². The number of hydrogen-bond donors (Lipinski definition) is 1. The molecule has 142 valence electrons. The van der Waals surface area contributed by atoms with Crippen LogP contribution < -0.4 is 14.9 Å². The van der Waals surface area contributed by atoms with Gasteiger partial charge < -0.3 is 9.47 Å². The van der Waals surface area contributed by atoms with Gasteiger partial charge >= 0.3 is 0 Å². The number of nitrogens with zero attached hydrogens (tertiary/aromatic N) is 3. The molecule has 3 aromatic rings. The molecular weight excluding hydrogens is 492 g/mol. The molecule has 0 saturated heterocycles. The highest BCUT2D eigenvalue weighted by molar-refractivity contribution is 9.10. The third kappa shape index (κ3) is 4.26. The Bertz CT molecular complexity index is 1050. The van der Waals surface area contributed by atoms with Crippen LogP contribution in [-0.2, 0) is 6.54 Å². The molecule has 4 rings (SSSR count). The predicted molar refractivity (Wildman–Crippen MR) is 111 cm³/mol. The number of rotatable bonds is 5. The van der Waals surface area contributed by atoms with Gasteiger partial charge in [0.25, 0.3) is 5.91 Å². The summed E-state index contributed by atoms with van der Waals surface area (Å²) in [5.41, 5.74) is 4.61. The van der Waals surface area contributed by atoms with Crippen LogP contribution in [0, 0.1) is 0 Å². The Hall–Kier alpha value is -2.65. The fourth-order valence-corrected chi connectivity index (χ4v) is 3.38. The SMILES string of the molecule is O=C(N/N=C\c1ccc2c(c1)OCO2)c1nn(Cc2ccc(Br)cc2)cc1Br. The second-order valence-electron chi connectivity index (χ2n) is 5.96. The fourth-order valence-electron chi connectivity index (χ4n) is 2.62. The van der Waals surface area contributed by atoms with Crippen molar-refractivity contribution < 1.29 is 14.3 Å². The lowest BCUT2D eigenvalue weighted by Gasteiger charge is -2.02. The van der Waals surface area contributed by atoms with Gasteiger partial charge in [0.15, 0.2) is 17.2 Å². The number of benzene rings is 2. The number of hydrazone groups is 1. The standard InChI is InChI=1S/C19H14Br2N4O3/c20-14-4-1-12(2-5-14)9-25-10-15(21)18(24-25)19(26)23-22-8-13-3-6-16-17(7-13)28-11-27-16/h1-8,10H,9,11H2,(H,23,26)/b22-8-. The van der Waals surface area contributed by atoms with Gasteiger partial charge in [-0.05, 0) is 57.4 Å². The lowest BCUT2D eigenvalue weighted by Crippen LogP contribution is -2.19. The first kappa shape index (κ1) is 18.7. The van der Waals surface area contributed by atoms with Crippen molar-refractivity contribution in [1.82, 2.24) is 15.2 Å². The Morgan fingerprint density at radius 1 is 1.18 bits per heavy atom. The van der Waals surface area contributed by atoms with E-state index in [1.807, 2.05) is 30.3 Å². The molecule has 0 atom stereocenters. The zero-order chi connectivity index (χ0) is 19.5. The molecule has 28 heavy (non-hydrogen) atoms. The second kappa shape index (κ2) is 8.15. The van der Waals surface area contributed by atoms with Gasteiger partial charge in [-0.15, -0.1) is 0 Å². The number of ether oxygens (including phenoxy) is 2. The molecule has 1 amide bonds. The molecule has 1 N–H and O–H groups in total. The van der Waals surface area contributed by atoms with Crippen molar-refractivity contribution in [3.8, 4) is 11.5 Å². The Labute approximate surface area is 177 Å². The van der Waals surface area contributed by atoms with Crippen molar-refractivity contribution in [2.24, 2.45) is 5.10 Å². The van der Waals surface area contributed by atoms with Crippen LogP contribution in [0.5, 0.6) is 11.5 Å². The highest BCUT2D eigenvalue weighted by Crippen LogP contribution is 2.31. The van der Waals surface area contributed by atoms with E-state index in [1.54, 1.807) is 23.0 Å². The lowest BCUT2D eigenvalue weighted by molar-refractivity contribution is 0.0948. The zero-order valence-electron chi connectivity index (χ0n) is 14.4. The summed E-state index contributed by atoms with van der Waals surface area (Å²) in [4.78, 5) is 12.4. The summed E-state index contributed by atoms with van der Waals surface area (Å²) >= 11 is 6.79. The van der Waals surface area contributed by atoms with Crippen LogP contribution in [0.2, 0.25) is 0 Å². The summed E-state index contributed by atoms with van der Waals surface area (Å²) in [5.74, 6) is 0.949. The van der Waals surface area contributed by atoms with Crippen molar-refractivity contribution in [2.75, 3.05) is 6.79 Å². The predicted octanol–water partition coefficient (Wildman–Crippen LogP) is 3.95. The topological polar surface area (TPSA) is 77.7 Å². The minimum absolute atomic E-state index is 0.212. The molecule has 7 nitrogen and oxygen atoms in total. The van der Waals surface area contributed by atoms with E-state index in [9.17, 15) is 4.79 Å². The molecule has 0 radical (unpaired) electrons. The molecule has 1 aliphatic heterocycles. The van der Waals surface area contributed by atoms with Crippen LogP contribution >= 0.6 is 31.9 Å². The maximum absolute atomic E-state index is 12.4. The molecule has 2 aromatic carbocycles. The van der Waals surface area contributed by atoms with Gasteiger partial charge in [-0.25, -0.2) is 5.43 Å². The largest absolute Gasteiger partial charge is 0.454 e. The second-order valence-corrected chi connectivity index (χ2v) is 7.73. The molecule has 9 heteroatoms. The minimum atomic E-state index is -0.404. The Morgan fingerprint density at radius 3 is 2.79 bits per heavy atom. The van der Waals surface area contributed by atoms with E-state index in [-0.39, 0.29) is 12.5 Å². The van der Waals surface area contributed by atoms with E-state index in [2.05, 4.69) is 47.5 Å².